The van der Waals surface area contributed by atoms with Crippen molar-refractivity contribution in [2.75, 3.05) is 18.6 Å². The number of halogens is 1. The number of aromatic hydroxyl groups is 1. The molecular weight excluding hydrogens is 257 g/mol. The Hall–Kier alpha value is -1.27. The number of hydrogen-bond acceptors (Lipinski definition) is 4. The van der Waals surface area contributed by atoms with E-state index in [2.05, 4.69) is 5.32 Å². The monoisotopic (exact) mass is 273 g/mol. The topological polar surface area (TPSA) is 69.6 Å². The maximum Gasteiger partial charge on any atom is 0.255 e. The van der Waals surface area contributed by atoms with Gasteiger partial charge in [-0.25, -0.2) is 4.39 Å². The van der Waals surface area contributed by atoms with Crippen molar-refractivity contribution in [3.63, 3.8) is 0 Å². The summed E-state index contributed by atoms with van der Waals surface area (Å²) in [6, 6.07) is 3.16. The summed E-state index contributed by atoms with van der Waals surface area (Å²) in [6.45, 7) is 1.66. The summed E-state index contributed by atoms with van der Waals surface area (Å²) in [5, 5.41) is 21.8. The van der Waals surface area contributed by atoms with Gasteiger partial charge in [0.15, 0.2) is 0 Å². The maximum atomic E-state index is 12.8. The number of aliphatic hydroxyl groups is 1. The average molecular weight is 273 g/mol. The van der Waals surface area contributed by atoms with Crippen molar-refractivity contribution < 1.29 is 19.4 Å². The number of hydrogen-bond donors (Lipinski definition) is 3. The van der Waals surface area contributed by atoms with Gasteiger partial charge < -0.3 is 15.5 Å². The van der Waals surface area contributed by atoms with Gasteiger partial charge in [0.25, 0.3) is 5.91 Å². The highest BCUT2D eigenvalue weighted by Gasteiger charge is 2.21. The molecule has 1 unspecified atom stereocenters. The molecule has 3 N–H and O–H groups in total. The number of carbonyl (C=O) groups excluding carboxylic acids is 1. The number of phenols is 1. The molecule has 1 aromatic carbocycles. The Morgan fingerprint density at radius 2 is 2.22 bits per heavy atom. The van der Waals surface area contributed by atoms with Crippen molar-refractivity contribution in [1.29, 1.82) is 0 Å². The predicted molar refractivity (Wildman–Crippen MR) is 69.4 cm³/mol. The van der Waals surface area contributed by atoms with Crippen LogP contribution in [0.2, 0.25) is 0 Å². The molecule has 0 spiro atoms. The minimum atomic E-state index is -1.02. The fourth-order valence-electron chi connectivity index (χ4n) is 1.42. The number of carbonyl (C=O) groups is 1. The molecular formula is C12H16FNO3S. The fourth-order valence-corrected chi connectivity index (χ4v) is 2.15. The SMILES string of the molecule is CSCC(C)(O)CNC(=O)c1ccc(F)cc1O. The lowest BCUT2D eigenvalue weighted by Crippen LogP contribution is -2.42. The van der Waals surface area contributed by atoms with Gasteiger partial charge in [0.2, 0.25) is 0 Å². The average Bonchev–Trinajstić information content (AvgIpc) is 2.26. The van der Waals surface area contributed by atoms with E-state index in [9.17, 15) is 19.4 Å². The van der Waals surface area contributed by atoms with Gasteiger partial charge in [-0.15, -0.1) is 0 Å². The molecule has 1 aromatic rings. The second-order valence-electron chi connectivity index (χ2n) is 4.27. The molecule has 0 aliphatic carbocycles. The summed E-state index contributed by atoms with van der Waals surface area (Å²) < 4.78 is 12.8. The number of phenolic OH excluding ortho intramolecular Hbond substituents is 1. The summed E-state index contributed by atoms with van der Waals surface area (Å²) in [4.78, 5) is 11.7. The van der Waals surface area contributed by atoms with Crippen LogP contribution in [0.1, 0.15) is 17.3 Å². The van der Waals surface area contributed by atoms with Crippen LogP contribution in [-0.2, 0) is 0 Å². The highest BCUT2D eigenvalue weighted by Crippen LogP contribution is 2.18. The lowest BCUT2D eigenvalue weighted by atomic mass is 10.1. The quantitative estimate of drug-likeness (QED) is 0.758. The van der Waals surface area contributed by atoms with Crippen LogP contribution in [-0.4, -0.2) is 40.3 Å². The third-order valence-corrected chi connectivity index (χ3v) is 3.20. The van der Waals surface area contributed by atoms with E-state index in [-0.39, 0.29) is 12.1 Å². The first-order chi connectivity index (χ1) is 8.35. The van der Waals surface area contributed by atoms with Crippen molar-refractivity contribution in [3.8, 4) is 5.75 Å². The molecule has 0 fully saturated rings. The molecule has 0 heterocycles. The Morgan fingerprint density at radius 1 is 1.56 bits per heavy atom. The molecule has 18 heavy (non-hydrogen) atoms. The van der Waals surface area contributed by atoms with Gasteiger partial charge in [-0.2, -0.15) is 11.8 Å². The Balaban J connectivity index is 2.66. The van der Waals surface area contributed by atoms with Gasteiger partial charge in [-0.3, -0.25) is 4.79 Å². The maximum absolute atomic E-state index is 12.8. The van der Waals surface area contributed by atoms with Crippen LogP contribution < -0.4 is 5.32 Å². The van der Waals surface area contributed by atoms with Gasteiger partial charge in [0.05, 0.1) is 11.2 Å². The minimum Gasteiger partial charge on any atom is -0.507 e. The molecule has 6 heteroatoms. The molecule has 1 atom stereocenters. The van der Waals surface area contributed by atoms with E-state index in [0.29, 0.717) is 5.75 Å². The Kier molecular flexibility index (Phi) is 4.98. The van der Waals surface area contributed by atoms with E-state index < -0.39 is 23.1 Å². The molecule has 0 bridgehead atoms. The third-order valence-electron chi connectivity index (χ3n) is 2.29. The number of nitrogens with one attached hydrogen (secondary N) is 1. The van der Waals surface area contributed by atoms with Crippen LogP contribution in [0.3, 0.4) is 0 Å². The first-order valence-electron chi connectivity index (χ1n) is 5.34. The molecule has 1 amide bonds. The molecule has 100 valence electrons. The number of benzene rings is 1. The van der Waals surface area contributed by atoms with E-state index in [4.69, 9.17) is 0 Å². The molecule has 1 rings (SSSR count). The molecule has 0 aliphatic rings. The van der Waals surface area contributed by atoms with Crippen LogP contribution >= 0.6 is 11.8 Å². The zero-order valence-corrected chi connectivity index (χ0v) is 11.1. The highest BCUT2D eigenvalue weighted by atomic mass is 32.2. The zero-order valence-electron chi connectivity index (χ0n) is 10.2. The van der Waals surface area contributed by atoms with Crippen molar-refractivity contribution in [2.45, 2.75) is 12.5 Å². The number of amides is 1. The summed E-state index contributed by atoms with van der Waals surface area (Å²) >= 11 is 1.46. The molecule has 4 nitrogen and oxygen atoms in total. The minimum absolute atomic E-state index is 0.0173. The van der Waals surface area contributed by atoms with E-state index in [1.807, 2.05) is 6.26 Å². The first-order valence-corrected chi connectivity index (χ1v) is 6.73. The lowest BCUT2D eigenvalue weighted by Gasteiger charge is -2.22. The summed E-state index contributed by atoms with van der Waals surface area (Å²) in [5.74, 6) is -1.10. The van der Waals surface area contributed by atoms with Gasteiger partial charge in [-0.1, -0.05) is 0 Å². The molecule has 0 radical (unpaired) electrons. The summed E-state index contributed by atoms with van der Waals surface area (Å²) in [7, 11) is 0. The summed E-state index contributed by atoms with van der Waals surface area (Å²) in [6.07, 6.45) is 1.85. The largest absolute Gasteiger partial charge is 0.507 e. The molecule has 0 aliphatic heterocycles. The standard InChI is InChI=1S/C12H16FNO3S/c1-12(17,7-18-2)6-14-11(16)9-4-3-8(13)5-10(9)15/h3-5,15,17H,6-7H2,1-2H3,(H,14,16). The number of rotatable bonds is 5. The fraction of sp³-hybridized carbons (Fsp3) is 0.417. The first kappa shape index (κ1) is 14.8. The highest BCUT2D eigenvalue weighted by molar-refractivity contribution is 7.98. The van der Waals surface area contributed by atoms with Crippen LogP contribution in [0.25, 0.3) is 0 Å². The second kappa shape index (κ2) is 6.06. The third kappa shape index (κ3) is 4.19. The van der Waals surface area contributed by atoms with Crippen LogP contribution in [0.5, 0.6) is 5.75 Å². The second-order valence-corrected chi connectivity index (χ2v) is 5.14. The summed E-state index contributed by atoms with van der Waals surface area (Å²) in [5.41, 5.74) is -1.04. The zero-order chi connectivity index (χ0) is 13.8. The Morgan fingerprint density at radius 3 is 2.78 bits per heavy atom. The van der Waals surface area contributed by atoms with Crippen molar-refractivity contribution in [2.24, 2.45) is 0 Å². The Labute approximate surface area is 109 Å². The van der Waals surface area contributed by atoms with Gasteiger partial charge in [-0.05, 0) is 25.3 Å². The molecule has 0 saturated heterocycles. The molecule has 0 saturated carbocycles. The number of thioether (sulfide) groups is 1. The van der Waals surface area contributed by atoms with Crippen LogP contribution in [0.4, 0.5) is 4.39 Å². The lowest BCUT2D eigenvalue weighted by molar-refractivity contribution is 0.0723. The smallest absolute Gasteiger partial charge is 0.255 e. The van der Waals surface area contributed by atoms with E-state index in [0.717, 1.165) is 12.1 Å². The van der Waals surface area contributed by atoms with E-state index >= 15 is 0 Å². The predicted octanol–water partition coefficient (Wildman–Crippen LogP) is 1.38. The van der Waals surface area contributed by atoms with Gasteiger partial charge in [0, 0.05) is 18.4 Å². The van der Waals surface area contributed by atoms with E-state index in [1.165, 1.54) is 17.8 Å². The van der Waals surface area contributed by atoms with Crippen molar-refractivity contribution >= 4 is 17.7 Å². The Bertz CT molecular complexity index is 437. The van der Waals surface area contributed by atoms with Crippen LogP contribution in [0.15, 0.2) is 18.2 Å². The van der Waals surface area contributed by atoms with Crippen LogP contribution in [0, 0.1) is 5.82 Å². The van der Waals surface area contributed by atoms with Crippen molar-refractivity contribution in [3.05, 3.63) is 29.6 Å². The van der Waals surface area contributed by atoms with E-state index in [1.54, 1.807) is 6.92 Å². The van der Waals surface area contributed by atoms with Gasteiger partial charge >= 0.3 is 0 Å². The van der Waals surface area contributed by atoms with Crippen molar-refractivity contribution in [1.82, 2.24) is 5.32 Å². The molecule has 0 aromatic heterocycles. The van der Waals surface area contributed by atoms with Gasteiger partial charge in [0.1, 0.15) is 11.6 Å². The normalized spacial score (nSPS) is 14.0.